The molecular formula is C13H19NOS. The summed E-state index contributed by atoms with van der Waals surface area (Å²) in [7, 11) is 2.01. The molecule has 1 aliphatic rings. The highest BCUT2D eigenvalue weighted by molar-refractivity contribution is 7.99. The first kappa shape index (κ1) is 12.0. The van der Waals surface area contributed by atoms with Crippen molar-refractivity contribution in [2.75, 3.05) is 25.2 Å². The largest absolute Gasteiger partial charge is 0.375 e. The lowest BCUT2D eigenvalue weighted by Crippen LogP contribution is -2.36. The lowest BCUT2D eigenvalue weighted by Gasteiger charge is -2.30. The maximum absolute atomic E-state index is 5.83. The van der Waals surface area contributed by atoms with Gasteiger partial charge in [0.05, 0.1) is 18.8 Å². The van der Waals surface area contributed by atoms with Crippen LogP contribution in [0.1, 0.15) is 17.2 Å². The molecule has 1 fully saturated rings. The lowest BCUT2D eigenvalue weighted by atomic mass is 10.0. The van der Waals surface area contributed by atoms with Gasteiger partial charge in [-0.05, 0) is 19.5 Å². The fraction of sp³-hybridized carbons (Fsp3) is 0.538. The van der Waals surface area contributed by atoms with E-state index in [2.05, 4.69) is 36.5 Å². The van der Waals surface area contributed by atoms with E-state index in [4.69, 9.17) is 4.74 Å². The summed E-state index contributed by atoms with van der Waals surface area (Å²) in [5, 5.41) is 3.37. The number of thioether (sulfide) groups is 1. The zero-order valence-corrected chi connectivity index (χ0v) is 10.7. The normalized spacial score (nSPS) is 23.0. The van der Waals surface area contributed by atoms with Gasteiger partial charge in [0.2, 0.25) is 0 Å². The van der Waals surface area contributed by atoms with Crippen LogP contribution in [0.25, 0.3) is 0 Å². The number of rotatable bonds is 3. The van der Waals surface area contributed by atoms with Crippen LogP contribution in [0.4, 0.5) is 0 Å². The van der Waals surface area contributed by atoms with Gasteiger partial charge in [-0.3, -0.25) is 0 Å². The van der Waals surface area contributed by atoms with Gasteiger partial charge in [0.1, 0.15) is 0 Å². The molecule has 1 aromatic rings. The van der Waals surface area contributed by atoms with Gasteiger partial charge in [0, 0.05) is 11.5 Å². The minimum Gasteiger partial charge on any atom is -0.375 e. The average molecular weight is 237 g/mol. The standard InChI is InChI=1S/C13H19NOS/c1-10-3-5-11(6-4-10)13(14-2)12-9-16-8-7-15-12/h3-6,12-14H,7-9H2,1-2H3. The molecule has 1 aromatic carbocycles. The van der Waals surface area contributed by atoms with Crippen molar-refractivity contribution in [1.29, 1.82) is 0 Å². The number of hydrogen-bond acceptors (Lipinski definition) is 3. The highest BCUT2D eigenvalue weighted by Crippen LogP contribution is 2.25. The summed E-state index contributed by atoms with van der Waals surface area (Å²) in [6, 6.07) is 9.03. The molecule has 1 heterocycles. The Labute approximate surface area is 102 Å². The molecule has 1 N–H and O–H groups in total. The number of nitrogens with one attached hydrogen (secondary N) is 1. The molecule has 2 atom stereocenters. The van der Waals surface area contributed by atoms with Crippen LogP contribution in [0.15, 0.2) is 24.3 Å². The van der Waals surface area contributed by atoms with Gasteiger partial charge >= 0.3 is 0 Å². The predicted octanol–water partition coefficient (Wildman–Crippen LogP) is 2.39. The second kappa shape index (κ2) is 5.71. The summed E-state index contributed by atoms with van der Waals surface area (Å²) in [6.45, 7) is 2.99. The zero-order valence-electron chi connectivity index (χ0n) is 9.90. The van der Waals surface area contributed by atoms with Gasteiger partial charge in [-0.15, -0.1) is 0 Å². The fourth-order valence-electron chi connectivity index (χ4n) is 2.04. The zero-order chi connectivity index (χ0) is 11.4. The first-order valence-corrected chi connectivity index (χ1v) is 6.90. The maximum atomic E-state index is 5.83. The second-order valence-corrected chi connectivity index (χ2v) is 5.31. The Morgan fingerprint density at radius 1 is 1.38 bits per heavy atom. The number of benzene rings is 1. The molecule has 1 aliphatic heterocycles. The summed E-state index contributed by atoms with van der Waals surface area (Å²) in [5.41, 5.74) is 2.62. The monoisotopic (exact) mass is 237 g/mol. The SMILES string of the molecule is CNC(c1ccc(C)cc1)C1CSCCO1. The third-order valence-electron chi connectivity index (χ3n) is 2.96. The minimum atomic E-state index is 0.298. The minimum absolute atomic E-state index is 0.298. The first-order chi connectivity index (χ1) is 7.81. The van der Waals surface area contributed by atoms with Crippen molar-refractivity contribution in [3.8, 4) is 0 Å². The summed E-state index contributed by atoms with van der Waals surface area (Å²) >= 11 is 1.98. The first-order valence-electron chi connectivity index (χ1n) is 5.74. The van der Waals surface area contributed by atoms with E-state index >= 15 is 0 Å². The van der Waals surface area contributed by atoms with Gasteiger partial charge in [0.15, 0.2) is 0 Å². The molecular weight excluding hydrogens is 218 g/mol. The molecule has 0 aliphatic carbocycles. The predicted molar refractivity (Wildman–Crippen MR) is 70.0 cm³/mol. The highest BCUT2D eigenvalue weighted by Gasteiger charge is 2.24. The fourth-order valence-corrected chi connectivity index (χ4v) is 2.94. The van der Waals surface area contributed by atoms with E-state index < -0.39 is 0 Å². The molecule has 1 saturated heterocycles. The summed E-state index contributed by atoms with van der Waals surface area (Å²) < 4.78 is 5.83. The number of hydrogen-bond donors (Lipinski definition) is 1. The van der Waals surface area contributed by atoms with E-state index in [0.29, 0.717) is 12.1 Å². The van der Waals surface area contributed by atoms with E-state index in [0.717, 1.165) is 18.1 Å². The molecule has 0 radical (unpaired) electrons. The van der Waals surface area contributed by atoms with Gasteiger partial charge in [0.25, 0.3) is 0 Å². The van der Waals surface area contributed by atoms with Crippen molar-refractivity contribution in [1.82, 2.24) is 5.32 Å². The molecule has 0 aromatic heterocycles. The smallest absolute Gasteiger partial charge is 0.0860 e. The van der Waals surface area contributed by atoms with Crippen LogP contribution in [0.5, 0.6) is 0 Å². The Morgan fingerprint density at radius 2 is 2.12 bits per heavy atom. The number of aryl methyl sites for hydroxylation is 1. The topological polar surface area (TPSA) is 21.3 Å². The van der Waals surface area contributed by atoms with Gasteiger partial charge in [-0.1, -0.05) is 29.8 Å². The highest BCUT2D eigenvalue weighted by atomic mass is 32.2. The van der Waals surface area contributed by atoms with Crippen LogP contribution in [-0.2, 0) is 4.74 Å². The Kier molecular flexibility index (Phi) is 4.27. The third-order valence-corrected chi connectivity index (χ3v) is 3.98. The molecule has 16 heavy (non-hydrogen) atoms. The molecule has 0 amide bonds. The van der Waals surface area contributed by atoms with E-state index in [9.17, 15) is 0 Å². The van der Waals surface area contributed by atoms with Crippen molar-refractivity contribution < 1.29 is 4.74 Å². The van der Waals surface area contributed by atoms with Crippen LogP contribution in [0, 0.1) is 6.92 Å². The van der Waals surface area contributed by atoms with Gasteiger partial charge < -0.3 is 10.1 Å². The molecule has 0 spiro atoms. The van der Waals surface area contributed by atoms with E-state index in [-0.39, 0.29) is 0 Å². The Bertz CT molecular complexity index is 319. The Morgan fingerprint density at radius 3 is 2.69 bits per heavy atom. The summed E-state index contributed by atoms with van der Waals surface area (Å²) in [4.78, 5) is 0. The van der Waals surface area contributed by atoms with E-state index in [1.807, 2.05) is 18.8 Å². The number of likely N-dealkylation sites (N-methyl/N-ethyl adjacent to an activating group) is 1. The Hall–Kier alpha value is -0.510. The average Bonchev–Trinajstić information content (AvgIpc) is 2.34. The maximum Gasteiger partial charge on any atom is 0.0860 e. The third kappa shape index (κ3) is 2.78. The van der Waals surface area contributed by atoms with Gasteiger partial charge in [-0.25, -0.2) is 0 Å². The van der Waals surface area contributed by atoms with Crippen LogP contribution in [0.2, 0.25) is 0 Å². The molecule has 3 heteroatoms. The van der Waals surface area contributed by atoms with Crippen molar-refractivity contribution in [2.45, 2.75) is 19.1 Å². The molecule has 2 rings (SSSR count). The lowest BCUT2D eigenvalue weighted by molar-refractivity contribution is 0.0488. The number of ether oxygens (including phenoxy) is 1. The van der Waals surface area contributed by atoms with E-state index in [1.165, 1.54) is 11.1 Å². The van der Waals surface area contributed by atoms with Crippen LogP contribution < -0.4 is 5.32 Å². The van der Waals surface area contributed by atoms with Gasteiger partial charge in [-0.2, -0.15) is 11.8 Å². The summed E-state index contributed by atoms with van der Waals surface area (Å²) in [5.74, 6) is 2.21. The Balaban J connectivity index is 2.11. The van der Waals surface area contributed by atoms with E-state index in [1.54, 1.807) is 0 Å². The van der Waals surface area contributed by atoms with Crippen molar-refractivity contribution >= 4 is 11.8 Å². The molecule has 2 nitrogen and oxygen atoms in total. The second-order valence-electron chi connectivity index (χ2n) is 4.16. The quantitative estimate of drug-likeness (QED) is 0.872. The molecule has 0 bridgehead atoms. The van der Waals surface area contributed by atoms with Crippen LogP contribution in [0.3, 0.4) is 0 Å². The van der Waals surface area contributed by atoms with Crippen LogP contribution >= 0.6 is 11.8 Å². The van der Waals surface area contributed by atoms with Crippen LogP contribution in [-0.4, -0.2) is 31.3 Å². The summed E-state index contributed by atoms with van der Waals surface area (Å²) in [6.07, 6.45) is 0.298. The van der Waals surface area contributed by atoms with Crippen molar-refractivity contribution in [3.63, 3.8) is 0 Å². The van der Waals surface area contributed by atoms with Crippen molar-refractivity contribution in [2.24, 2.45) is 0 Å². The van der Waals surface area contributed by atoms with Crippen molar-refractivity contribution in [3.05, 3.63) is 35.4 Å². The molecule has 2 unspecified atom stereocenters. The molecule has 88 valence electrons. The molecule has 0 saturated carbocycles.